The molecule has 2 rings (SSSR count). The molecular weight excluding hydrogens is 276 g/mol. The average Bonchev–Trinajstić information content (AvgIpc) is 2.86. The standard InChI is InChI=1S/C13H20N4O2S/c1-11-2-3-12(19-11)10-15-16-13(20)14-4-5-17-6-8-18-9-7-17/h2-3,10H,4-9H2,1H3,(H2,14,16,20)/b15-10+. The third-order valence-corrected chi connectivity index (χ3v) is 3.17. The molecule has 0 amide bonds. The first-order valence-electron chi connectivity index (χ1n) is 6.67. The van der Waals surface area contributed by atoms with Crippen molar-refractivity contribution in [2.24, 2.45) is 5.10 Å². The lowest BCUT2D eigenvalue weighted by atomic mass is 10.4. The maximum atomic E-state index is 5.35. The van der Waals surface area contributed by atoms with Gasteiger partial charge in [-0.3, -0.25) is 10.3 Å². The Hall–Kier alpha value is -1.44. The van der Waals surface area contributed by atoms with Crippen LogP contribution in [0.2, 0.25) is 0 Å². The summed E-state index contributed by atoms with van der Waals surface area (Å²) in [7, 11) is 0. The molecule has 1 aromatic heterocycles. The van der Waals surface area contributed by atoms with Crippen LogP contribution in [-0.2, 0) is 4.74 Å². The minimum Gasteiger partial charge on any atom is -0.460 e. The molecular formula is C13H20N4O2S. The molecule has 2 N–H and O–H groups in total. The van der Waals surface area contributed by atoms with Crippen molar-refractivity contribution < 1.29 is 9.15 Å². The normalized spacial score (nSPS) is 16.4. The zero-order chi connectivity index (χ0) is 14.2. The minimum absolute atomic E-state index is 0.512. The highest BCUT2D eigenvalue weighted by atomic mass is 32.1. The molecule has 0 radical (unpaired) electrons. The van der Waals surface area contributed by atoms with Crippen LogP contribution in [0.3, 0.4) is 0 Å². The van der Waals surface area contributed by atoms with E-state index in [4.69, 9.17) is 21.4 Å². The summed E-state index contributed by atoms with van der Waals surface area (Å²) in [4.78, 5) is 2.34. The van der Waals surface area contributed by atoms with E-state index in [1.807, 2.05) is 19.1 Å². The van der Waals surface area contributed by atoms with Crippen LogP contribution >= 0.6 is 12.2 Å². The summed E-state index contributed by atoms with van der Waals surface area (Å²) in [5.74, 6) is 1.56. The lowest BCUT2D eigenvalue weighted by Gasteiger charge is -2.26. The molecule has 1 fully saturated rings. The van der Waals surface area contributed by atoms with E-state index in [2.05, 4.69) is 20.7 Å². The SMILES string of the molecule is Cc1ccc(/C=N/NC(=S)NCCN2CCOCC2)o1. The lowest BCUT2D eigenvalue weighted by molar-refractivity contribution is 0.0389. The van der Waals surface area contributed by atoms with Crippen molar-refractivity contribution in [2.75, 3.05) is 39.4 Å². The number of nitrogens with one attached hydrogen (secondary N) is 2. The lowest BCUT2D eigenvalue weighted by Crippen LogP contribution is -2.42. The van der Waals surface area contributed by atoms with Gasteiger partial charge in [-0.15, -0.1) is 0 Å². The highest BCUT2D eigenvalue weighted by Crippen LogP contribution is 2.02. The summed E-state index contributed by atoms with van der Waals surface area (Å²) in [6, 6.07) is 3.75. The summed E-state index contributed by atoms with van der Waals surface area (Å²) in [5, 5.41) is 7.64. The zero-order valence-corrected chi connectivity index (χ0v) is 12.4. The molecule has 0 unspecified atom stereocenters. The van der Waals surface area contributed by atoms with Gasteiger partial charge < -0.3 is 14.5 Å². The largest absolute Gasteiger partial charge is 0.460 e. The van der Waals surface area contributed by atoms with Gasteiger partial charge in [-0.05, 0) is 31.3 Å². The van der Waals surface area contributed by atoms with Gasteiger partial charge >= 0.3 is 0 Å². The molecule has 110 valence electrons. The fourth-order valence-corrected chi connectivity index (χ4v) is 2.02. The quantitative estimate of drug-likeness (QED) is 0.474. The average molecular weight is 296 g/mol. The van der Waals surface area contributed by atoms with E-state index in [1.165, 1.54) is 0 Å². The Morgan fingerprint density at radius 2 is 2.25 bits per heavy atom. The van der Waals surface area contributed by atoms with E-state index in [9.17, 15) is 0 Å². The monoisotopic (exact) mass is 296 g/mol. The summed E-state index contributed by atoms with van der Waals surface area (Å²) in [6.45, 7) is 7.23. The molecule has 0 atom stereocenters. The maximum absolute atomic E-state index is 5.35. The number of furan rings is 1. The fourth-order valence-electron chi connectivity index (χ4n) is 1.87. The smallest absolute Gasteiger partial charge is 0.187 e. The number of rotatable bonds is 5. The molecule has 1 aliphatic rings. The summed E-state index contributed by atoms with van der Waals surface area (Å²) in [5.41, 5.74) is 2.76. The fraction of sp³-hybridized carbons (Fsp3) is 0.538. The third kappa shape index (κ3) is 5.28. The molecule has 1 aromatic rings. The van der Waals surface area contributed by atoms with Gasteiger partial charge in [0.2, 0.25) is 0 Å². The van der Waals surface area contributed by atoms with Crippen molar-refractivity contribution >= 4 is 23.5 Å². The molecule has 6 nitrogen and oxygen atoms in total. The van der Waals surface area contributed by atoms with Crippen LogP contribution in [0, 0.1) is 6.92 Å². The molecule has 0 aromatic carbocycles. The van der Waals surface area contributed by atoms with Gasteiger partial charge in [0.05, 0.1) is 19.4 Å². The van der Waals surface area contributed by atoms with E-state index in [-0.39, 0.29) is 0 Å². The first-order chi connectivity index (χ1) is 9.74. The first kappa shape index (κ1) is 15.0. The van der Waals surface area contributed by atoms with Crippen LogP contribution in [0.15, 0.2) is 21.7 Å². The van der Waals surface area contributed by atoms with E-state index >= 15 is 0 Å². The third-order valence-electron chi connectivity index (χ3n) is 2.94. The Balaban J connectivity index is 1.59. The molecule has 0 bridgehead atoms. The van der Waals surface area contributed by atoms with Gasteiger partial charge in [0, 0.05) is 26.2 Å². The van der Waals surface area contributed by atoms with Crippen molar-refractivity contribution in [3.05, 3.63) is 23.7 Å². The van der Waals surface area contributed by atoms with E-state index in [1.54, 1.807) is 6.21 Å². The van der Waals surface area contributed by atoms with Gasteiger partial charge in [0.15, 0.2) is 5.11 Å². The Bertz CT molecular complexity index is 455. The highest BCUT2D eigenvalue weighted by molar-refractivity contribution is 7.80. The summed E-state index contributed by atoms with van der Waals surface area (Å²) >= 11 is 5.13. The van der Waals surface area contributed by atoms with Gasteiger partial charge in [-0.2, -0.15) is 5.10 Å². The van der Waals surface area contributed by atoms with Crippen LogP contribution in [0.5, 0.6) is 0 Å². The van der Waals surface area contributed by atoms with E-state index in [0.29, 0.717) is 10.9 Å². The molecule has 0 aliphatic carbocycles. The van der Waals surface area contributed by atoms with Crippen LogP contribution < -0.4 is 10.7 Å². The first-order valence-corrected chi connectivity index (χ1v) is 7.08. The molecule has 7 heteroatoms. The molecule has 1 aliphatic heterocycles. The number of ether oxygens (including phenoxy) is 1. The second kappa shape index (κ2) is 7.98. The molecule has 1 saturated heterocycles. The second-order valence-electron chi connectivity index (χ2n) is 4.53. The highest BCUT2D eigenvalue weighted by Gasteiger charge is 2.09. The second-order valence-corrected chi connectivity index (χ2v) is 4.94. The van der Waals surface area contributed by atoms with E-state index in [0.717, 1.165) is 45.2 Å². The van der Waals surface area contributed by atoms with Crippen molar-refractivity contribution in [2.45, 2.75) is 6.92 Å². The Kier molecular flexibility index (Phi) is 5.97. The number of nitrogens with zero attached hydrogens (tertiary/aromatic N) is 2. The van der Waals surface area contributed by atoms with Crippen LogP contribution in [0.25, 0.3) is 0 Å². The predicted molar refractivity (Wildman–Crippen MR) is 82.0 cm³/mol. The molecule has 0 saturated carbocycles. The zero-order valence-electron chi connectivity index (χ0n) is 11.6. The number of morpholine rings is 1. The molecule has 20 heavy (non-hydrogen) atoms. The van der Waals surface area contributed by atoms with Crippen molar-refractivity contribution in [3.63, 3.8) is 0 Å². The van der Waals surface area contributed by atoms with Crippen LogP contribution in [0.1, 0.15) is 11.5 Å². The minimum atomic E-state index is 0.512. The molecule has 0 spiro atoms. The topological polar surface area (TPSA) is 62.0 Å². The number of hydrogen-bond acceptors (Lipinski definition) is 5. The van der Waals surface area contributed by atoms with Crippen molar-refractivity contribution in [1.29, 1.82) is 0 Å². The van der Waals surface area contributed by atoms with Gasteiger partial charge in [-0.1, -0.05) is 0 Å². The Labute approximate surface area is 124 Å². The number of hydrogen-bond donors (Lipinski definition) is 2. The van der Waals surface area contributed by atoms with Gasteiger partial charge in [0.1, 0.15) is 11.5 Å². The Morgan fingerprint density at radius 1 is 1.45 bits per heavy atom. The van der Waals surface area contributed by atoms with Crippen LogP contribution in [0.4, 0.5) is 0 Å². The summed E-state index contributed by atoms with van der Waals surface area (Å²) in [6.07, 6.45) is 1.60. The Morgan fingerprint density at radius 3 is 2.95 bits per heavy atom. The number of aryl methyl sites for hydroxylation is 1. The van der Waals surface area contributed by atoms with Crippen LogP contribution in [-0.4, -0.2) is 55.6 Å². The molecule has 2 heterocycles. The maximum Gasteiger partial charge on any atom is 0.187 e. The van der Waals surface area contributed by atoms with Crippen molar-refractivity contribution in [1.82, 2.24) is 15.6 Å². The number of hydrazone groups is 1. The van der Waals surface area contributed by atoms with Gasteiger partial charge in [-0.25, -0.2) is 0 Å². The predicted octanol–water partition coefficient (Wildman–Crippen LogP) is 0.718. The van der Waals surface area contributed by atoms with Crippen molar-refractivity contribution in [3.8, 4) is 0 Å². The summed E-state index contributed by atoms with van der Waals surface area (Å²) < 4.78 is 10.7. The van der Waals surface area contributed by atoms with E-state index < -0.39 is 0 Å². The van der Waals surface area contributed by atoms with Gasteiger partial charge in [0.25, 0.3) is 0 Å². The number of thiocarbonyl (C=S) groups is 1.